The van der Waals surface area contributed by atoms with E-state index in [1.165, 1.54) is 0 Å². The van der Waals surface area contributed by atoms with E-state index in [0.29, 0.717) is 19.8 Å². The lowest BCUT2D eigenvalue weighted by Gasteiger charge is -2.34. The number of carboxylic acids is 1. The molecule has 2 rings (SSSR count). The van der Waals surface area contributed by atoms with E-state index >= 15 is 0 Å². The molecule has 0 aromatic heterocycles. The van der Waals surface area contributed by atoms with Crippen LogP contribution in [0.4, 0.5) is 15.8 Å². The lowest BCUT2D eigenvalue weighted by Crippen LogP contribution is -2.44. The summed E-state index contributed by atoms with van der Waals surface area (Å²) in [6.07, 6.45) is 0. The quantitative estimate of drug-likeness (QED) is 0.670. The van der Waals surface area contributed by atoms with Gasteiger partial charge in [-0.1, -0.05) is 0 Å². The third-order valence-corrected chi connectivity index (χ3v) is 3.17. The SMILES string of the molecule is CC1COCCN1c1cc(F)c(C(=O)O)cc1[N+](=O)[O-]. The molecule has 1 atom stereocenters. The van der Waals surface area contributed by atoms with Crippen molar-refractivity contribution in [2.24, 2.45) is 0 Å². The van der Waals surface area contributed by atoms with Gasteiger partial charge in [-0.2, -0.15) is 0 Å². The Morgan fingerprint density at radius 1 is 1.60 bits per heavy atom. The molecule has 7 nitrogen and oxygen atoms in total. The number of morpholine rings is 1. The second-order valence-corrected chi connectivity index (χ2v) is 4.50. The summed E-state index contributed by atoms with van der Waals surface area (Å²) >= 11 is 0. The van der Waals surface area contributed by atoms with Gasteiger partial charge in [-0.25, -0.2) is 9.18 Å². The number of nitrogens with zero attached hydrogens (tertiary/aromatic N) is 2. The highest BCUT2D eigenvalue weighted by Gasteiger charge is 2.29. The maximum atomic E-state index is 13.8. The van der Waals surface area contributed by atoms with Crippen LogP contribution in [0, 0.1) is 15.9 Å². The number of rotatable bonds is 3. The van der Waals surface area contributed by atoms with E-state index in [4.69, 9.17) is 9.84 Å². The van der Waals surface area contributed by atoms with E-state index in [1.54, 1.807) is 11.8 Å². The monoisotopic (exact) mass is 284 g/mol. The van der Waals surface area contributed by atoms with Gasteiger partial charge in [0, 0.05) is 24.7 Å². The zero-order valence-electron chi connectivity index (χ0n) is 10.7. The molecule has 1 heterocycles. The van der Waals surface area contributed by atoms with Crippen LogP contribution >= 0.6 is 0 Å². The van der Waals surface area contributed by atoms with E-state index in [9.17, 15) is 19.3 Å². The van der Waals surface area contributed by atoms with Gasteiger partial charge in [0.15, 0.2) is 0 Å². The van der Waals surface area contributed by atoms with Gasteiger partial charge in [-0.05, 0) is 6.92 Å². The van der Waals surface area contributed by atoms with E-state index < -0.39 is 28.0 Å². The fourth-order valence-electron chi connectivity index (χ4n) is 2.18. The molecule has 1 fully saturated rings. The number of hydrogen-bond acceptors (Lipinski definition) is 5. The van der Waals surface area contributed by atoms with Crippen molar-refractivity contribution in [3.05, 3.63) is 33.6 Å². The molecule has 108 valence electrons. The van der Waals surface area contributed by atoms with Gasteiger partial charge in [0.2, 0.25) is 0 Å². The van der Waals surface area contributed by atoms with Crippen molar-refractivity contribution in [3.63, 3.8) is 0 Å². The summed E-state index contributed by atoms with van der Waals surface area (Å²) in [7, 11) is 0. The maximum absolute atomic E-state index is 13.8. The second kappa shape index (κ2) is 5.41. The zero-order chi connectivity index (χ0) is 14.9. The third kappa shape index (κ3) is 2.55. The zero-order valence-corrected chi connectivity index (χ0v) is 10.7. The maximum Gasteiger partial charge on any atom is 0.338 e. The van der Waals surface area contributed by atoms with Crippen LogP contribution in [0.25, 0.3) is 0 Å². The molecule has 0 radical (unpaired) electrons. The molecule has 20 heavy (non-hydrogen) atoms. The lowest BCUT2D eigenvalue weighted by atomic mass is 10.1. The number of ether oxygens (including phenoxy) is 1. The van der Waals surface area contributed by atoms with Crippen LogP contribution in [0.15, 0.2) is 12.1 Å². The molecule has 1 unspecified atom stereocenters. The highest BCUT2D eigenvalue weighted by molar-refractivity contribution is 5.90. The molecule has 8 heteroatoms. The minimum atomic E-state index is -1.54. The Labute approximate surface area is 113 Å². The van der Waals surface area contributed by atoms with Crippen molar-refractivity contribution in [3.8, 4) is 0 Å². The Morgan fingerprint density at radius 2 is 2.30 bits per heavy atom. The first kappa shape index (κ1) is 14.2. The van der Waals surface area contributed by atoms with Crippen LogP contribution in [-0.2, 0) is 4.74 Å². The Balaban J connectivity index is 2.53. The number of aromatic carboxylic acids is 1. The van der Waals surface area contributed by atoms with Gasteiger partial charge in [-0.15, -0.1) is 0 Å². The van der Waals surface area contributed by atoms with Crippen LogP contribution in [0.3, 0.4) is 0 Å². The molecule has 0 aliphatic carbocycles. The van der Waals surface area contributed by atoms with E-state index in [-0.39, 0.29) is 11.7 Å². The van der Waals surface area contributed by atoms with Gasteiger partial charge in [0.25, 0.3) is 5.69 Å². The molecule has 1 aliphatic heterocycles. The normalized spacial score (nSPS) is 18.9. The van der Waals surface area contributed by atoms with Crippen molar-refractivity contribution >= 4 is 17.3 Å². The first-order chi connectivity index (χ1) is 9.41. The molecular formula is C12H13FN2O5. The number of anilines is 1. The number of halogens is 1. The molecule has 1 aromatic rings. The number of carboxylic acid groups (broad SMARTS) is 1. The van der Waals surface area contributed by atoms with Crippen LogP contribution in [-0.4, -0.2) is 41.8 Å². The predicted octanol–water partition coefficient (Wildman–Crippen LogP) is 1.66. The predicted molar refractivity (Wildman–Crippen MR) is 67.6 cm³/mol. The summed E-state index contributed by atoms with van der Waals surface area (Å²) in [6, 6.07) is 1.51. The van der Waals surface area contributed by atoms with Gasteiger partial charge in [0.1, 0.15) is 17.1 Å². The molecule has 1 saturated heterocycles. The molecule has 1 N–H and O–H groups in total. The fourth-order valence-corrected chi connectivity index (χ4v) is 2.18. The van der Waals surface area contributed by atoms with Crippen LogP contribution < -0.4 is 4.90 Å². The topological polar surface area (TPSA) is 92.9 Å². The standard InChI is InChI=1S/C12H13FN2O5/c1-7-6-20-3-2-14(7)10-5-9(13)8(12(16)17)4-11(10)15(18)19/h4-5,7H,2-3,6H2,1H3,(H,16,17). The summed E-state index contributed by atoms with van der Waals surface area (Å²) in [5, 5.41) is 19.9. The van der Waals surface area contributed by atoms with Crippen molar-refractivity contribution in [2.75, 3.05) is 24.7 Å². The van der Waals surface area contributed by atoms with Gasteiger partial charge >= 0.3 is 5.97 Å². The number of carbonyl (C=O) groups is 1. The Morgan fingerprint density at radius 3 is 2.85 bits per heavy atom. The Hall–Kier alpha value is -2.22. The highest BCUT2D eigenvalue weighted by Crippen LogP contribution is 2.33. The minimum Gasteiger partial charge on any atom is -0.478 e. The average Bonchev–Trinajstić information content (AvgIpc) is 2.38. The second-order valence-electron chi connectivity index (χ2n) is 4.50. The number of nitro groups is 1. The lowest BCUT2D eigenvalue weighted by molar-refractivity contribution is -0.384. The summed E-state index contributed by atoms with van der Waals surface area (Å²) in [5.41, 5.74) is -1.05. The number of hydrogen-bond donors (Lipinski definition) is 1. The third-order valence-electron chi connectivity index (χ3n) is 3.17. The number of benzene rings is 1. The average molecular weight is 284 g/mol. The van der Waals surface area contributed by atoms with E-state index in [2.05, 4.69) is 0 Å². The summed E-state index contributed by atoms with van der Waals surface area (Å²) in [5.74, 6) is -2.52. The van der Waals surface area contributed by atoms with Crippen molar-refractivity contribution in [2.45, 2.75) is 13.0 Å². The molecule has 0 saturated carbocycles. The molecule has 0 bridgehead atoms. The summed E-state index contributed by atoms with van der Waals surface area (Å²) in [6.45, 7) is 2.93. The van der Waals surface area contributed by atoms with Gasteiger partial charge in [-0.3, -0.25) is 10.1 Å². The van der Waals surface area contributed by atoms with Crippen LogP contribution in [0.2, 0.25) is 0 Å². The van der Waals surface area contributed by atoms with E-state index in [0.717, 1.165) is 12.1 Å². The van der Waals surface area contributed by atoms with Crippen molar-refractivity contribution in [1.82, 2.24) is 0 Å². The largest absolute Gasteiger partial charge is 0.478 e. The van der Waals surface area contributed by atoms with Crippen LogP contribution in [0.1, 0.15) is 17.3 Å². The summed E-state index contributed by atoms with van der Waals surface area (Å²) < 4.78 is 19.0. The molecular weight excluding hydrogens is 271 g/mol. The van der Waals surface area contributed by atoms with Gasteiger partial charge in [0.05, 0.1) is 18.1 Å². The smallest absolute Gasteiger partial charge is 0.338 e. The first-order valence-electron chi connectivity index (χ1n) is 5.97. The first-order valence-corrected chi connectivity index (χ1v) is 5.97. The molecule has 0 amide bonds. The molecule has 0 spiro atoms. The van der Waals surface area contributed by atoms with E-state index in [1.807, 2.05) is 0 Å². The fraction of sp³-hybridized carbons (Fsp3) is 0.417. The Bertz CT molecular complexity index is 563. The highest BCUT2D eigenvalue weighted by atomic mass is 19.1. The van der Waals surface area contributed by atoms with Crippen molar-refractivity contribution in [1.29, 1.82) is 0 Å². The molecule has 1 aliphatic rings. The Kier molecular flexibility index (Phi) is 3.84. The van der Waals surface area contributed by atoms with Crippen LogP contribution in [0.5, 0.6) is 0 Å². The number of nitro benzene ring substituents is 1. The summed E-state index contributed by atoms with van der Waals surface area (Å²) in [4.78, 5) is 22.9. The van der Waals surface area contributed by atoms with Gasteiger partial charge < -0.3 is 14.7 Å². The minimum absolute atomic E-state index is 0.0771. The molecule has 1 aromatic carbocycles. The van der Waals surface area contributed by atoms with Crippen molar-refractivity contribution < 1.29 is 24.0 Å².